The first kappa shape index (κ1) is 26.4. The molecule has 0 aromatic heterocycles. The minimum absolute atomic E-state index is 0. The van der Waals surface area contributed by atoms with Crippen LogP contribution in [0.1, 0.15) is 26.3 Å². The maximum Gasteiger partial charge on any atom is 0.341 e. The van der Waals surface area contributed by atoms with Crippen LogP contribution in [-0.4, -0.2) is 101 Å². The van der Waals surface area contributed by atoms with E-state index in [4.69, 9.17) is 19.7 Å². The monoisotopic (exact) mass is 402 g/mol. The second kappa shape index (κ2) is 12.8. The van der Waals surface area contributed by atoms with Gasteiger partial charge in [-0.15, -0.1) is 0 Å². The molecule has 0 amide bonds. The molecule has 2 aromatic rings. The van der Waals surface area contributed by atoms with Gasteiger partial charge in [0.25, 0.3) is 0 Å². The number of allylic oxidation sites excluding steroid dienone is 1. The molecule has 2 rings (SSSR count). The third kappa shape index (κ3) is 7.79. The van der Waals surface area contributed by atoms with E-state index in [1.165, 1.54) is 43.5 Å². The fourth-order valence-electron chi connectivity index (χ4n) is 2.08. The van der Waals surface area contributed by atoms with Crippen LogP contribution in [0, 0.1) is 0 Å². The molecule has 0 saturated heterocycles. The number of aliphatic carboxylic acids is 1. The molecule has 0 fully saturated rings. The van der Waals surface area contributed by atoms with Crippen molar-refractivity contribution in [2.24, 2.45) is 0 Å². The SMILES string of the molecule is COc1cc(C(=O)C=Cc2ccc(C(=O)O)cc2)ccc1OCC(=O)O.[Na].[Na]. The van der Waals surface area contributed by atoms with Crippen molar-refractivity contribution < 1.29 is 34.1 Å². The molecule has 2 N–H and O–H groups in total. The molecule has 0 saturated carbocycles. The maximum absolute atomic E-state index is 12.3. The third-order valence-corrected chi connectivity index (χ3v) is 3.38. The number of aromatic carboxylic acids is 1. The summed E-state index contributed by atoms with van der Waals surface area (Å²) in [5.74, 6) is -1.97. The van der Waals surface area contributed by atoms with Gasteiger partial charge in [0.1, 0.15) is 0 Å². The molecule has 7 nitrogen and oxygen atoms in total. The summed E-state index contributed by atoms with van der Waals surface area (Å²) in [6.07, 6.45) is 2.91. The molecule has 0 aliphatic rings. The van der Waals surface area contributed by atoms with Crippen molar-refractivity contribution in [3.8, 4) is 11.5 Å². The summed E-state index contributed by atoms with van der Waals surface area (Å²) >= 11 is 0. The Labute approximate surface area is 205 Å². The molecule has 0 heterocycles. The van der Waals surface area contributed by atoms with Crippen molar-refractivity contribution >= 4 is 82.9 Å². The van der Waals surface area contributed by atoms with Crippen molar-refractivity contribution in [1.29, 1.82) is 0 Å². The van der Waals surface area contributed by atoms with Crippen molar-refractivity contribution in [2.45, 2.75) is 0 Å². The third-order valence-electron chi connectivity index (χ3n) is 3.38. The number of rotatable bonds is 8. The summed E-state index contributed by atoms with van der Waals surface area (Å²) in [7, 11) is 1.39. The molecule has 2 aromatic carbocycles. The van der Waals surface area contributed by atoms with Crippen LogP contribution < -0.4 is 9.47 Å². The van der Waals surface area contributed by atoms with Crippen LogP contribution in [0.3, 0.4) is 0 Å². The number of carboxylic acid groups (broad SMARTS) is 2. The van der Waals surface area contributed by atoms with Gasteiger partial charge >= 0.3 is 11.9 Å². The summed E-state index contributed by atoms with van der Waals surface area (Å²) < 4.78 is 10.2. The van der Waals surface area contributed by atoms with Gasteiger partial charge in [-0.25, -0.2) is 9.59 Å². The molecule has 0 spiro atoms. The number of hydrogen-bond donors (Lipinski definition) is 2. The topological polar surface area (TPSA) is 110 Å². The smallest absolute Gasteiger partial charge is 0.341 e. The molecule has 2 radical (unpaired) electrons. The van der Waals surface area contributed by atoms with Crippen molar-refractivity contribution in [3.05, 3.63) is 65.2 Å². The van der Waals surface area contributed by atoms with Gasteiger partial charge < -0.3 is 19.7 Å². The number of carboxylic acids is 2. The Morgan fingerprint density at radius 1 is 0.929 bits per heavy atom. The fourth-order valence-corrected chi connectivity index (χ4v) is 2.08. The van der Waals surface area contributed by atoms with E-state index in [9.17, 15) is 14.4 Å². The summed E-state index contributed by atoms with van der Waals surface area (Å²) in [6, 6.07) is 10.5. The van der Waals surface area contributed by atoms with Gasteiger partial charge in [-0.1, -0.05) is 18.2 Å². The van der Waals surface area contributed by atoms with Crippen molar-refractivity contribution in [3.63, 3.8) is 0 Å². The minimum atomic E-state index is -1.12. The largest absolute Gasteiger partial charge is 0.493 e. The molecule has 0 unspecified atom stereocenters. The number of ketones is 1. The van der Waals surface area contributed by atoms with E-state index in [-0.39, 0.29) is 82.0 Å². The van der Waals surface area contributed by atoms with E-state index < -0.39 is 18.5 Å². The summed E-state index contributed by atoms with van der Waals surface area (Å²) in [4.78, 5) is 33.6. The molecule has 0 bridgehead atoms. The molecule has 9 heteroatoms. The van der Waals surface area contributed by atoms with E-state index >= 15 is 0 Å². The summed E-state index contributed by atoms with van der Waals surface area (Å²) in [5, 5.41) is 17.5. The number of methoxy groups -OCH3 is 1. The van der Waals surface area contributed by atoms with Crippen LogP contribution in [0.5, 0.6) is 11.5 Å². The van der Waals surface area contributed by atoms with Crippen LogP contribution in [0.4, 0.5) is 0 Å². The zero-order chi connectivity index (χ0) is 19.1. The Morgan fingerprint density at radius 2 is 1.54 bits per heavy atom. The quantitative estimate of drug-likeness (QED) is 0.395. The van der Waals surface area contributed by atoms with Gasteiger partial charge in [-0.2, -0.15) is 0 Å². The van der Waals surface area contributed by atoms with Crippen molar-refractivity contribution in [2.75, 3.05) is 13.7 Å². The van der Waals surface area contributed by atoms with Gasteiger partial charge in [0.05, 0.1) is 12.7 Å². The van der Waals surface area contributed by atoms with Crippen LogP contribution in [0.25, 0.3) is 6.08 Å². The minimum Gasteiger partial charge on any atom is -0.493 e. The zero-order valence-electron chi connectivity index (χ0n) is 15.8. The number of benzene rings is 2. The van der Waals surface area contributed by atoms with Gasteiger partial charge in [-0.3, -0.25) is 4.79 Å². The Hall–Kier alpha value is -1.61. The van der Waals surface area contributed by atoms with Gasteiger partial charge in [0.15, 0.2) is 23.9 Å². The predicted octanol–water partition coefficient (Wildman–Crippen LogP) is 1.99. The Morgan fingerprint density at radius 3 is 2.07 bits per heavy atom. The van der Waals surface area contributed by atoms with E-state index in [1.807, 2.05) is 0 Å². The number of hydrogen-bond acceptors (Lipinski definition) is 5. The molecule has 0 aliphatic carbocycles. The number of carbonyl (C=O) groups excluding carboxylic acids is 1. The number of carbonyl (C=O) groups is 3. The standard InChI is InChI=1S/C19H16O7.2Na/c1-25-17-10-14(7-9-16(17)26-11-18(21)22)15(20)8-4-12-2-5-13(6-3-12)19(23)24;;/h2-10H,11H2,1H3,(H,21,22)(H,23,24);;. The van der Waals surface area contributed by atoms with Gasteiger partial charge in [0, 0.05) is 64.7 Å². The maximum atomic E-state index is 12.3. The van der Waals surface area contributed by atoms with E-state index in [0.29, 0.717) is 11.1 Å². The summed E-state index contributed by atoms with van der Waals surface area (Å²) in [6.45, 7) is -0.518. The fraction of sp³-hybridized carbons (Fsp3) is 0.105. The molecular weight excluding hydrogens is 386 g/mol. The number of ether oxygens (including phenoxy) is 2. The predicted molar refractivity (Wildman–Crippen MR) is 104 cm³/mol. The van der Waals surface area contributed by atoms with Crippen LogP contribution in [0.2, 0.25) is 0 Å². The molecular formula is C19H16Na2O7. The molecule has 28 heavy (non-hydrogen) atoms. The molecule has 0 aliphatic heterocycles. The average Bonchev–Trinajstić information content (AvgIpc) is 2.64. The normalized spacial score (nSPS) is 9.75. The van der Waals surface area contributed by atoms with E-state index in [2.05, 4.69) is 0 Å². The van der Waals surface area contributed by atoms with Crippen molar-refractivity contribution in [1.82, 2.24) is 0 Å². The van der Waals surface area contributed by atoms with Crippen LogP contribution >= 0.6 is 0 Å². The van der Waals surface area contributed by atoms with Crippen LogP contribution in [-0.2, 0) is 4.79 Å². The van der Waals surface area contributed by atoms with Gasteiger partial charge in [-0.05, 0) is 42.0 Å². The summed E-state index contributed by atoms with van der Waals surface area (Å²) in [5.41, 5.74) is 1.18. The van der Waals surface area contributed by atoms with Crippen LogP contribution in [0.15, 0.2) is 48.5 Å². The first-order valence-electron chi connectivity index (χ1n) is 7.49. The average molecular weight is 402 g/mol. The first-order chi connectivity index (χ1) is 12.4. The van der Waals surface area contributed by atoms with Gasteiger partial charge in [0.2, 0.25) is 0 Å². The Bertz CT molecular complexity index is 861. The second-order valence-electron chi connectivity index (χ2n) is 5.17. The zero-order valence-corrected chi connectivity index (χ0v) is 19.8. The Balaban J connectivity index is 0.00000364. The molecule has 136 valence electrons. The second-order valence-corrected chi connectivity index (χ2v) is 5.17. The van der Waals surface area contributed by atoms with E-state index in [0.717, 1.165) is 0 Å². The van der Waals surface area contributed by atoms with E-state index in [1.54, 1.807) is 18.2 Å². The molecule has 0 atom stereocenters. The first-order valence-corrected chi connectivity index (χ1v) is 7.49. The Kier molecular flexibility index (Phi) is 12.0.